The van der Waals surface area contributed by atoms with E-state index in [-0.39, 0.29) is 5.78 Å². The molecule has 2 heterocycles. The van der Waals surface area contributed by atoms with Crippen LogP contribution in [0.4, 0.5) is 5.69 Å². The van der Waals surface area contributed by atoms with Gasteiger partial charge in [0.2, 0.25) is 0 Å². The van der Waals surface area contributed by atoms with E-state index in [0.717, 1.165) is 21.8 Å². The number of Topliss-reactive ketones (excluding diaryl/α,β-unsaturated/α-hetero) is 1. The first-order valence-corrected chi connectivity index (χ1v) is 7.26. The minimum absolute atomic E-state index is 0.0156. The Labute approximate surface area is 123 Å². The molecule has 19 heavy (non-hydrogen) atoms. The van der Waals surface area contributed by atoms with Crippen LogP contribution in [0.15, 0.2) is 36.7 Å². The first-order chi connectivity index (χ1) is 9.24. The summed E-state index contributed by atoms with van der Waals surface area (Å²) in [5, 5.41) is 1.55. The highest BCUT2D eigenvalue weighted by Gasteiger charge is 2.18. The molecule has 94 valence electrons. The number of hydrogen-bond donors (Lipinski definition) is 1. The minimum Gasteiger partial charge on any atom is -0.398 e. The summed E-state index contributed by atoms with van der Waals surface area (Å²) in [7, 11) is 0. The summed E-state index contributed by atoms with van der Waals surface area (Å²) >= 11 is 2.05. The summed E-state index contributed by atoms with van der Waals surface area (Å²) in [6, 6.07) is 7.36. The van der Waals surface area contributed by atoms with Crippen molar-refractivity contribution in [2.75, 3.05) is 10.2 Å². The number of pyridine rings is 2. The van der Waals surface area contributed by atoms with E-state index in [1.807, 2.05) is 40.8 Å². The maximum atomic E-state index is 12.2. The molecule has 0 aliphatic heterocycles. The predicted octanol–water partition coefficient (Wildman–Crippen LogP) is 2.98. The molecule has 2 N–H and O–H groups in total. The van der Waals surface area contributed by atoms with Gasteiger partial charge >= 0.3 is 0 Å². The van der Waals surface area contributed by atoms with Gasteiger partial charge in [-0.2, -0.15) is 0 Å². The first kappa shape index (κ1) is 12.3. The van der Waals surface area contributed by atoms with E-state index in [9.17, 15) is 4.79 Å². The molecule has 2 aromatic heterocycles. The van der Waals surface area contributed by atoms with Gasteiger partial charge in [0.1, 0.15) is 0 Å². The molecule has 0 aliphatic carbocycles. The summed E-state index contributed by atoms with van der Waals surface area (Å²) < 4.78 is 0.387. The van der Waals surface area contributed by atoms with Gasteiger partial charge in [0.25, 0.3) is 0 Å². The molecule has 3 rings (SSSR count). The number of benzene rings is 1. The summed E-state index contributed by atoms with van der Waals surface area (Å²) in [6.45, 7) is 0. The topological polar surface area (TPSA) is 68.9 Å². The van der Waals surface area contributed by atoms with Crippen LogP contribution < -0.4 is 5.73 Å². The number of nitrogens with zero attached hydrogens (tertiary/aromatic N) is 2. The number of carbonyl (C=O) groups is 1. The second-order valence-corrected chi connectivity index (χ2v) is 4.91. The molecule has 1 aromatic carbocycles. The maximum absolute atomic E-state index is 12.2. The molecule has 0 fully saturated rings. The number of carbonyl (C=O) groups excluding carboxylic acids is 1. The summed E-state index contributed by atoms with van der Waals surface area (Å²) in [5.41, 5.74) is 8.67. The van der Waals surface area contributed by atoms with Gasteiger partial charge in [0.15, 0.2) is 5.78 Å². The molecule has 0 saturated carbocycles. The van der Waals surface area contributed by atoms with E-state index in [0.29, 0.717) is 15.7 Å². The lowest BCUT2D eigenvalue weighted by Gasteiger charge is -2.11. The summed E-state index contributed by atoms with van der Waals surface area (Å²) in [5.74, 6) is 0.0156. The van der Waals surface area contributed by atoms with Crippen LogP contribution in [0.5, 0.6) is 0 Å². The van der Waals surface area contributed by atoms with Crippen molar-refractivity contribution in [3.63, 3.8) is 0 Å². The average Bonchev–Trinajstić information content (AvgIpc) is 2.47. The summed E-state index contributed by atoms with van der Waals surface area (Å²) in [6.07, 6.45) is 3.40. The second kappa shape index (κ2) is 4.73. The van der Waals surface area contributed by atoms with Crippen LogP contribution in [-0.4, -0.2) is 20.2 Å². The molecule has 3 aromatic rings. The number of ketones is 1. The fourth-order valence-electron chi connectivity index (χ4n) is 2.25. The lowest BCUT2D eigenvalue weighted by Crippen LogP contribution is -2.07. The molecule has 5 heteroatoms. The van der Waals surface area contributed by atoms with Crippen molar-refractivity contribution in [2.45, 2.75) is 0 Å². The third-order valence-electron chi connectivity index (χ3n) is 3.07. The van der Waals surface area contributed by atoms with E-state index < -0.39 is 0 Å². The Kier molecular flexibility index (Phi) is 3.06. The van der Waals surface area contributed by atoms with Crippen LogP contribution in [0.3, 0.4) is 0 Å². The Morgan fingerprint density at radius 1 is 1.11 bits per heavy atom. The maximum Gasteiger partial charge on any atom is 0.175 e. The van der Waals surface area contributed by atoms with E-state index in [4.69, 9.17) is 5.73 Å². The number of halogens is 1. The molecular formula is C14H10IN3O. The molecule has 0 bridgehead atoms. The van der Waals surface area contributed by atoms with Gasteiger partial charge in [-0.25, -0.2) is 0 Å². The quantitative estimate of drug-likeness (QED) is 0.250. The van der Waals surface area contributed by atoms with Crippen molar-refractivity contribution < 1.29 is 4.79 Å². The lowest BCUT2D eigenvalue weighted by molar-refractivity contribution is 0.102. The zero-order chi connectivity index (χ0) is 13.4. The van der Waals surface area contributed by atoms with Crippen LogP contribution in [0, 0.1) is 0 Å². The monoisotopic (exact) mass is 363 g/mol. The molecule has 0 amide bonds. The van der Waals surface area contributed by atoms with Crippen molar-refractivity contribution in [3.05, 3.63) is 42.2 Å². The number of anilines is 1. The Morgan fingerprint density at radius 2 is 1.68 bits per heavy atom. The number of hydrogen-bond acceptors (Lipinski definition) is 4. The number of fused-ring (bicyclic) bond motifs is 3. The SMILES string of the molecule is Nc1c(C(=O)CI)c2cccnc2c2ncccc12. The third-order valence-corrected chi connectivity index (χ3v) is 3.76. The summed E-state index contributed by atoms with van der Waals surface area (Å²) in [4.78, 5) is 20.9. The fraction of sp³-hybridized carbons (Fsp3) is 0.0714. The highest BCUT2D eigenvalue weighted by Crippen LogP contribution is 2.32. The first-order valence-electron chi connectivity index (χ1n) is 5.74. The Morgan fingerprint density at radius 3 is 2.32 bits per heavy atom. The van der Waals surface area contributed by atoms with E-state index in [2.05, 4.69) is 9.97 Å². The largest absolute Gasteiger partial charge is 0.398 e. The smallest absolute Gasteiger partial charge is 0.175 e. The number of rotatable bonds is 2. The molecule has 0 radical (unpaired) electrons. The number of alkyl halides is 1. The number of nitrogens with two attached hydrogens (primary N) is 1. The van der Waals surface area contributed by atoms with Crippen LogP contribution in [0.25, 0.3) is 21.8 Å². The van der Waals surface area contributed by atoms with E-state index in [1.54, 1.807) is 18.5 Å². The van der Waals surface area contributed by atoms with E-state index in [1.165, 1.54) is 0 Å². The number of nitrogen functional groups attached to an aromatic ring is 1. The van der Waals surface area contributed by atoms with Crippen molar-refractivity contribution in [1.29, 1.82) is 0 Å². The van der Waals surface area contributed by atoms with E-state index >= 15 is 0 Å². The van der Waals surface area contributed by atoms with Crippen molar-refractivity contribution in [2.24, 2.45) is 0 Å². The average molecular weight is 363 g/mol. The Bertz CT molecular complexity index is 801. The van der Waals surface area contributed by atoms with Crippen molar-refractivity contribution in [3.8, 4) is 0 Å². The molecule has 0 spiro atoms. The molecule has 4 nitrogen and oxygen atoms in total. The van der Waals surface area contributed by atoms with Crippen LogP contribution in [0.1, 0.15) is 10.4 Å². The third kappa shape index (κ3) is 1.85. The molecular weight excluding hydrogens is 353 g/mol. The molecule has 0 saturated heterocycles. The van der Waals surface area contributed by atoms with Crippen LogP contribution >= 0.6 is 22.6 Å². The zero-order valence-corrected chi connectivity index (χ0v) is 12.1. The number of aromatic nitrogens is 2. The Balaban J connectivity index is 2.59. The minimum atomic E-state index is 0.0156. The predicted molar refractivity (Wildman–Crippen MR) is 84.7 cm³/mol. The fourth-order valence-corrected chi connectivity index (χ4v) is 2.64. The van der Waals surface area contributed by atoms with Crippen molar-refractivity contribution in [1.82, 2.24) is 9.97 Å². The highest BCUT2D eigenvalue weighted by molar-refractivity contribution is 14.1. The van der Waals surface area contributed by atoms with Gasteiger partial charge < -0.3 is 5.73 Å². The van der Waals surface area contributed by atoms with Gasteiger partial charge in [-0.3, -0.25) is 14.8 Å². The van der Waals surface area contributed by atoms with Gasteiger partial charge in [-0.15, -0.1) is 0 Å². The van der Waals surface area contributed by atoms with Crippen LogP contribution in [0.2, 0.25) is 0 Å². The second-order valence-electron chi connectivity index (χ2n) is 4.14. The molecule has 0 aliphatic rings. The zero-order valence-electron chi connectivity index (χ0n) is 9.93. The normalized spacial score (nSPS) is 11.0. The van der Waals surface area contributed by atoms with Crippen molar-refractivity contribution >= 4 is 55.9 Å². The Hall–Kier alpha value is -1.76. The lowest BCUT2D eigenvalue weighted by atomic mass is 9.99. The van der Waals surface area contributed by atoms with Gasteiger partial charge in [0, 0.05) is 23.2 Å². The van der Waals surface area contributed by atoms with Crippen LogP contribution in [-0.2, 0) is 0 Å². The standard InChI is InChI=1S/C14H10IN3O/c15-7-10(19)11-8-3-1-5-17-13(8)14-9(12(11)16)4-2-6-18-14/h1-6H,7,16H2. The van der Waals surface area contributed by atoms with Gasteiger partial charge in [-0.1, -0.05) is 28.7 Å². The van der Waals surface area contributed by atoms with Gasteiger partial charge in [-0.05, 0) is 18.2 Å². The van der Waals surface area contributed by atoms with Gasteiger partial charge in [0.05, 0.1) is 26.7 Å². The molecule has 0 unspecified atom stereocenters. The molecule has 0 atom stereocenters. The highest BCUT2D eigenvalue weighted by atomic mass is 127.